The van der Waals surface area contributed by atoms with E-state index in [0.29, 0.717) is 6.04 Å². The molecule has 0 bridgehead atoms. The van der Waals surface area contributed by atoms with Gasteiger partial charge in [-0.1, -0.05) is 19.3 Å². The molecule has 2 fully saturated rings. The first-order chi connectivity index (χ1) is 8.36. The highest BCUT2D eigenvalue weighted by molar-refractivity contribution is 4.76. The first-order valence-corrected chi connectivity index (χ1v) is 7.40. The van der Waals surface area contributed by atoms with Gasteiger partial charge < -0.3 is 10.1 Å². The summed E-state index contributed by atoms with van der Waals surface area (Å²) in [5.74, 6) is 0.924. The molecule has 1 saturated carbocycles. The summed E-state index contributed by atoms with van der Waals surface area (Å²) in [6.45, 7) is 8.74. The molecule has 3 heteroatoms. The third-order valence-electron chi connectivity index (χ3n) is 4.35. The molecular weight excluding hydrogens is 212 g/mol. The number of nitrogens with zero attached hydrogens (tertiary/aromatic N) is 1. The maximum Gasteiger partial charge on any atom is 0.0594 e. The van der Waals surface area contributed by atoms with E-state index in [4.69, 9.17) is 4.74 Å². The lowest BCUT2D eigenvalue weighted by Crippen LogP contribution is -2.43. The predicted octanol–water partition coefficient (Wildman–Crippen LogP) is 1.88. The summed E-state index contributed by atoms with van der Waals surface area (Å²) in [4.78, 5) is 2.50. The monoisotopic (exact) mass is 240 g/mol. The summed E-state index contributed by atoms with van der Waals surface area (Å²) in [5, 5.41) is 3.72. The molecule has 0 radical (unpaired) electrons. The van der Waals surface area contributed by atoms with Gasteiger partial charge in [0.05, 0.1) is 13.2 Å². The minimum absolute atomic E-state index is 0.705. The Labute approximate surface area is 106 Å². The van der Waals surface area contributed by atoms with Crippen LogP contribution in [-0.2, 0) is 4.74 Å². The molecule has 0 spiro atoms. The van der Waals surface area contributed by atoms with E-state index in [1.165, 1.54) is 38.6 Å². The van der Waals surface area contributed by atoms with Gasteiger partial charge in [-0.15, -0.1) is 0 Å². The third kappa shape index (κ3) is 4.57. The van der Waals surface area contributed by atoms with Crippen LogP contribution in [0.2, 0.25) is 0 Å². The van der Waals surface area contributed by atoms with Crippen LogP contribution in [0.3, 0.4) is 0 Å². The molecule has 0 aromatic heterocycles. The lowest BCUT2D eigenvalue weighted by atomic mass is 9.84. The Balaban J connectivity index is 1.57. The van der Waals surface area contributed by atoms with Gasteiger partial charge in [-0.05, 0) is 25.7 Å². The van der Waals surface area contributed by atoms with E-state index >= 15 is 0 Å². The molecule has 1 atom stereocenters. The molecule has 0 amide bonds. The molecule has 1 N–H and O–H groups in total. The zero-order chi connectivity index (χ0) is 11.9. The fraction of sp³-hybridized carbons (Fsp3) is 1.00. The molecule has 1 aliphatic carbocycles. The van der Waals surface area contributed by atoms with E-state index in [1.54, 1.807) is 0 Å². The zero-order valence-corrected chi connectivity index (χ0v) is 11.3. The number of hydrogen-bond acceptors (Lipinski definition) is 3. The Hall–Kier alpha value is -0.120. The van der Waals surface area contributed by atoms with Gasteiger partial charge in [0.1, 0.15) is 0 Å². The second-order valence-corrected chi connectivity index (χ2v) is 5.59. The van der Waals surface area contributed by atoms with Crippen LogP contribution < -0.4 is 5.32 Å². The van der Waals surface area contributed by atoms with E-state index in [0.717, 1.165) is 38.8 Å². The van der Waals surface area contributed by atoms with Crippen LogP contribution in [0.5, 0.6) is 0 Å². The minimum atomic E-state index is 0.705. The largest absolute Gasteiger partial charge is 0.379 e. The summed E-state index contributed by atoms with van der Waals surface area (Å²) in [6, 6.07) is 0.705. The molecule has 3 nitrogen and oxygen atoms in total. The standard InChI is InChI=1S/C14H28N2O/c1-13(14-5-3-2-4-6-14)15-7-8-16-9-11-17-12-10-16/h13-15H,2-12H2,1H3. The maximum atomic E-state index is 5.36. The van der Waals surface area contributed by atoms with Gasteiger partial charge >= 0.3 is 0 Å². The second kappa shape index (κ2) is 7.34. The molecule has 1 heterocycles. The zero-order valence-electron chi connectivity index (χ0n) is 11.3. The highest BCUT2D eigenvalue weighted by atomic mass is 16.5. The van der Waals surface area contributed by atoms with Crippen LogP contribution in [0.15, 0.2) is 0 Å². The van der Waals surface area contributed by atoms with Gasteiger partial charge in [0, 0.05) is 32.2 Å². The molecule has 2 rings (SSSR count). The smallest absolute Gasteiger partial charge is 0.0594 e. The van der Waals surface area contributed by atoms with E-state index in [-0.39, 0.29) is 0 Å². The van der Waals surface area contributed by atoms with E-state index in [9.17, 15) is 0 Å². The van der Waals surface area contributed by atoms with Gasteiger partial charge in [-0.25, -0.2) is 0 Å². The summed E-state index contributed by atoms with van der Waals surface area (Å²) in [5.41, 5.74) is 0. The highest BCUT2D eigenvalue weighted by Crippen LogP contribution is 2.26. The number of morpholine rings is 1. The topological polar surface area (TPSA) is 24.5 Å². The Kier molecular flexibility index (Phi) is 5.75. The van der Waals surface area contributed by atoms with Crippen molar-refractivity contribution in [3.05, 3.63) is 0 Å². The number of hydrogen-bond donors (Lipinski definition) is 1. The molecule has 1 unspecified atom stereocenters. The van der Waals surface area contributed by atoms with Crippen molar-refractivity contribution in [2.75, 3.05) is 39.4 Å². The molecule has 2 aliphatic rings. The van der Waals surface area contributed by atoms with Gasteiger partial charge in [0.2, 0.25) is 0 Å². The SMILES string of the molecule is CC(NCCN1CCOCC1)C1CCCCC1. The van der Waals surface area contributed by atoms with Crippen molar-refractivity contribution in [1.29, 1.82) is 0 Å². The average Bonchev–Trinajstić information content (AvgIpc) is 2.41. The van der Waals surface area contributed by atoms with Crippen LogP contribution in [0, 0.1) is 5.92 Å². The summed E-state index contributed by atoms with van der Waals surface area (Å²) in [6.07, 6.45) is 7.22. The van der Waals surface area contributed by atoms with Gasteiger partial charge in [-0.2, -0.15) is 0 Å². The van der Waals surface area contributed by atoms with Crippen molar-refractivity contribution in [2.45, 2.75) is 45.1 Å². The quantitative estimate of drug-likeness (QED) is 0.794. The number of nitrogens with one attached hydrogen (secondary N) is 1. The molecule has 0 aromatic carbocycles. The van der Waals surface area contributed by atoms with Gasteiger partial charge in [0.25, 0.3) is 0 Å². The summed E-state index contributed by atoms with van der Waals surface area (Å²) >= 11 is 0. The van der Waals surface area contributed by atoms with Crippen molar-refractivity contribution in [1.82, 2.24) is 10.2 Å². The van der Waals surface area contributed by atoms with E-state index < -0.39 is 0 Å². The fourth-order valence-corrected chi connectivity index (χ4v) is 3.08. The second-order valence-electron chi connectivity index (χ2n) is 5.59. The molecule has 1 saturated heterocycles. The first-order valence-electron chi connectivity index (χ1n) is 7.40. The Morgan fingerprint density at radius 2 is 1.88 bits per heavy atom. The van der Waals surface area contributed by atoms with Crippen LogP contribution >= 0.6 is 0 Å². The number of ether oxygens (including phenoxy) is 1. The van der Waals surface area contributed by atoms with Gasteiger partial charge in [0.15, 0.2) is 0 Å². The normalized spacial score (nSPS) is 25.9. The molecule has 0 aromatic rings. The summed E-state index contributed by atoms with van der Waals surface area (Å²) in [7, 11) is 0. The molecular formula is C14H28N2O. The van der Waals surface area contributed by atoms with Crippen molar-refractivity contribution < 1.29 is 4.74 Å². The van der Waals surface area contributed by atoms with Crippen LogP contribution in [0.1, 0.15) is 39.0 Å². The van der Waals surface area contributed by atoms with E-state index in [2.05, 4.69) is 17.1 Å². The van der Waals surface area contributed by atoms with Crippen molar-refractivity contribution >= 4 is 0 Å². The van der Waals surface area contributed by atoms with Crippen LogP contribution in [0.4, 0.5) is 0 Å². The Morgan fingerprint density at radius 3 is 2.59 bits per heavy atom. The minimum Gasteiger partial charge on any atom is -0.379 e. The molecule has 1 aliphatic heterocycles. The highest BCUT2D eigenvalue weighted by Gasteiger charge is 2.19. The molecule has 100 valence electrons. The third-order valence-corrected chi connectivity index (χ3v) is 4.35. The van der Waals surface area contributed by atoms with E-state index in [1.807, 2.05) is 0 Å². The lowest BCUT2D eigenvalue weighted by Gasteiger charge is -2.30. The fourth-order valence-electron chi connectivity index (χ4n) is 3.08. The predicted molar refractivity (Wildman–Crippen MR) is 71.3 cm³/mol. The Morgan fingerprint density at radius 1 is 1.18 bits per heavy atom. The van der Waals surface area contributed by atoms with Gasteiger partial charge in [-0.3, -0.25) is 4.90 Å². The maximum absolute atomic E-state index is 5.36. The van der Waals surface area contributed by atoms with Crippen molar-refractivity contribution in [2.24, 2.45) is 5.92 Å². The van der Waals surface area contributed by atoms with Crippen molar-refractivity contribution in [3.8, 4) is 0 Å². The van der Waals surface area contributed by atoms with Crippen LogP contribution in [-0.4, -0.2) is 50.3 Å². The van der Waals surface area contributed by atoms with Crippen LogP contribution in [0.25, 0.3) is 0 Å². The Bertz CT molecular complexity index is 198. The summed E-state index contributed by atoms with van der Waals surface area (Å²) < 4.78 is 5.36. The lowest BCUT2D eigenvalue weighted by molar-refractivity contribution is 0.0378. The average molecular weight is 240 g/mol. The van der Waals surface area contributed by atoms with Crippen molar-refractivity contribution in [3.63, 3.8) is 0 Å². The molecule has 17 heavy (non-hydrogen) atoms. The first kappa shape index (κ1) is 13.3. The number of rotatable bonds is 5.